The minimum absolute atomic E-state index is 0.0129. The summed E-state index contributed by atoms with van der Waals surface area (Å²) < 4.78 is 51.0. The summed E-state index contributed by atoms with van der Waals surface area (Å²) >= 11 is 49.4. The zero-order chi connectivity index (χ0) is 101. The van der Waals surface area contributed by atoms with Crippen molar-refractivity contribution < 1.29 is 61.6 Å². The molecule has 12 aromatic rings. The number of amides is 6. The summed E-state index contributed by atoms with van der Waals surface area (Å²) in [5.74, 6) is 2.93. The van der Waals surface area contributed by atoms with Gasteiger partial charge in [0.2, 0.25) is 35.4 Å². The third-order valence-corrected chi connectivity index (χ3v) is 25.9. The van der Waals surface area contributed by atoms with Crippen LogP contribution in [0.2, 0.25) is 35.2 Å². The number of ether oxygens (including phenoxy) is 6. The van der Waals surface area contributed by atoms with E-state index < -0.39 is 5.82 Å². The summed E-state index contributed by atoms with van der Waals surface area (Å²) in [6.45, 7) is 38.5. The summed E-state index contributed by atoms with van der Waals surface area (Å²) in [5, 5.41) is 21.1. The molecule has 0 radical (unpaired) electrons. The van der Waals surface area contributed by atoms with E-state index in [1.807, 2.05) is 269 Å². The highest BCUT2D eigenvalue weighted by Gasteiger charge is 2.21. The van der Waals surface area contributed by atoms with Gasteiger partial charge >= 0.3 is 0 Å². The smallest absolute Gasteiger partial charge is 0.224 e. The number of hydrogen-bond donors (Lipinski definition) is 6. The summed E-state index contributed by atoms with van der Waals surface area (Å²) in [5.41, 5.74) is 23.3. The number of rotatable bonds is 30. The van der Waals surface area contributed by atoms with Gasteiger partial charge in [0.15, 0.2) is 0 Å². The summed E-state index contributed by atoms with van der Waals surface area (Å²) in [7, 11) is 0. The molecular weight excluding hydrogens is 2060 g/mol. The van der Waals surface area contributed by atoms with Crippen LogP contribution in [0.5, 0.6) is 34.5 Å². The number of benzene rings is 12. The maximum Gasteiger partial charge on any atom is 0.224 e. The first-order valence-corrected chi connectivity index (χ1v) is 49.0. The van der Waals surface area contributed by atoms with Crippen LogP contribution in [-0.2, 0) is 68.4 Å². The van der Waals surface area contributed by atoms with Crippen molar-refractivity contribution in [1.82, 2.24) is 0 Å². The molecule has 6 N–H and O–H groups in total. The molecule has 18 nitrogen and oxygen atoms in total. The Hall–Kier alpha value is -10.6. The molecule has 0 aliphatic carbocycles. The molecule has 0 spiro atoms. The second-order valence-corrected chi connectivity index (χ2v) is 37.0. The number of hydrogen-bond acceptors (Lipinski definition) is 12. The van der Waals surface area contributed by atoms with Crippen LogP contribution < -0.4 is 60.3 Å². The minimum atomic E-state index is -0.432. The molecule has 0 aliphatic rings. The predicted octanol–water partition coefficient (Wildman–Crippen LogP) is 31.8. The lowest BCUT2D eigenvalue weighted by molar-refractivity contribution is -0.116. The van der Waals surface area contributed by atoms with Gasteiger partial charge in [0.25, 0.3) is 0 Å². The Morgan fingerprint density at radius 1 is 0.263 bits per heavy atom. The van der Waals surface area contributed by atoms with E-state index in [1.165, 1.54) is 6.07 Å². The Morgan fingerprint density at radius 2 is 0.504 bits per heavy atom. The van der Waals surface area contributed by atoms with Gasteiger partial charge in [-0.1, -0.05) is 193 Å². The average Bonchev–Trinajstić information content (AvgIpc) is 0.837. The first-order valence-electron chi connectivity index (χ1n) is 44.5. The molecule has 0 fully saturated rings. The monoisotopic (exact) mass is 2170 g/mol. The first kappa shape index (κ1) is 113. The average molecular weight is 2180 g/mol. The highest BCUT2D eigenvalue weighted by Crippen LogP contribution is 2.39. The summed E-state index contributed by atoms with van der Waals surface area (Å²) in [6, 6.07) is 57.5. The van der Waals surface area contributed by atoms with Crippen molar-refractivity contribution >= 4 is 189 Å². The predicted molar refractivity (Wildman–Crippen MR) is 574 cm³/mol. The molecule has 0 saturated carbocycles. The zero-order valence-corrected chi connectivity index (χ0v) is 89.6. The number of nitrogens with one attached hydrogen (secondary N) is 6. The molecule has 0 aliphatic heterocycles. The molecule has 137 heavy (non-hydrogen) atoms. The van der Waals surface area contributed by atoms with E-state index in [4.69, 9.17) is 110 Å². The lowest BCUT2D eigenvalue weighted by Gasteiger charge is -2.16. The maximum atomic E-state index is 14.1. The SMILES string of the molecule is CCC(=O)Nc1cccc(Br)c1COc1cc(C)c(C)cc1Cl.CCC(=O)Nc1cccc(C)c1COc1cc(C)c(C)cc1Cl.CCC(=O)Nc1cccc(Cl)c1COc1cc(C)c(C)cc1Cl.CCC(=O)Nc1cccc(F)c1COc1cc(C)c(C)cc1Cl.CCC(=O)Nc1cccc(I)c1COc1cc(C)c(C)cc1Cl.CCC(=O)Nc1ccccc1COc1cc(C)c(C)cc1Cl. The molecule has 0 bridgehead atoms. The van der Waals surface area contributed by atoms with Gasteiger partial charge in [0.05, 0.1) is 35.8 Å². The van der Waals surface area contributed by atoms with Gasteiger partial charge in [-0.3, -0.25) is 28.8 Å². The minimum Gasteiger partial charge on any atom is -0.487 e. The lowest BCUT2D eigenvalue weighted by Crippen LogP contribution is -2.13. The molecule has 28 heteroatoms. The molecule has 0 atom stereocenters. The van der Waals surface area contributed by atoms with E-state index in [0.717, 1.165) is 131 Å². The fourth-order valence-corrected chi connectivity index (χ4v) is 15.6. The first-order chi connectivity index (χ1) is 65.1. The summed E-state index contributed by atoms with van der Waals surface area (Å²) in [4.78, 5) is 69.8. The Labute approximate surface area is 862 Å². The maximum absolute atomic E-state index is 14.1. The van der Waals surface area contributed by atoms with Crippen molar-refractivity contribution in [2.24, 2.45) is 0 Å². The van der Waals surface area contributed by atoms with E-state index in [2.05, 4.69) is 70.4 Å². The second kappa shape index (κ2) is 56.5. The molecule has 0 heterocycles. The lowest BCUT2D eigenvalue weighted by atomic mass is 10.1. The quantitative estimate of drug-likeness (QED) is 0.0231. The van der Waals surface area contributed by atoms with Crippen molar-refractivity contribution in [2.75, 3.05) is 31.9 Å². The van der Waals surface area contributed by atoms with E-state index in [1.54, 1.807) is 44.2 Å². The van der Waals surface area contributed by atoms with Gasteiger partial charge in [-0.25, -0.2) is 4.39 Å². The van der Waals surface area contributed by atoms with E-state index in [9.17, 15) is 33.2 Å². The second-order valence-electron chi connectivity index (χ2n) is 32.2. The van der Waals surface area contributed by atoms with Crippen LogP contribution in [0.3, 0.4) is 0 Å². The van der Waals surface area contributed by atoms with Crippen LogP contribution in [0.25, 0.3) is 0 Å². The van der Waals surface area contributed by atoms with Crippen LogP contribution in [0.4, 0.5) is 38.5 Å². The van der Waals surface area contributed by atoms with Crippen LogP contribution in [0.15, 0.2) is 193 Å². The van der Waals surface area contributed by atoms with Gasteiger partial charge in [-0.15, -0.1) is 0 Å². The van der Waals surface area contributed by atoms with Gasteiger partial charge in [0.1, 0.15) is 80.0 Å². The van der Waals surface area contributed by atoms with E-state index in [-0.39, 0.29) is 48.7 Å². The molecule has 0 unspecified atom stereocenters. The molecule has 0 saturated heterocycles. The van der Waals surface area contributed by atoms with Crippen molar-refractivity contribution in [2.45, 2.75) is 210 Å². The third kappa shape index (κ3) is 35.4. The van der Waals surface area contributed by atoms with Crippen molar-refractivity contribution in [3.05, 3.63) is 343 Å². The Kier molecular flexibility index (Phi) is 46.8. The van der Waals surface area contributed by atoms with Gasteiger partial charge in [-0.05, 0) is 318 Å². The number of halogens is 10. The fraction of sp³-hybridized carbons (Fsp3) is 0.284. The number of aryl methyl sites for hydroxylation is 13. The van der Waals surface area contributed by atoms with Crippen molar-refractivity contribution in [3.63, 3.8) is 0 Å². The number of para-hydroxylation sites is 1. The van der Waals surface area contributed by atoms with Crippen LogP contribution >= 0.6 is 120 Å². The zero-order valence-electron chi connectivity index (χ0n) is 80.6. The normalized spacial score (nSPS) is 10.5. The topological polar surface area (TPSA) is 230 Å². The highest BCUT2D eigenvalue weighted by atomic mass is 127. The number of carbonyl (C=O) groups is 6. The van der Waals surface area contributed by atoms with Crippen LogP contribution in [0.1, 0.15) is 186 Å². The third-order valence-electron chi connectivity index (χ3n) is 22.0. The van der Waals surface area contributed by atoms with Crippen LogP contribution in [0, 0.1) is 99.4 Å². The van der Waals surface area contributed by atoms with Crippen molar-refractivity contribution in [3.8, 4) is 34.5 Å². The molecule has 0 aromatic heterocycles. The standard InChI is InChI=1S/C19H22ClNO2.C18H19BrClNO2.C18H19Cl2NO2.C18H19ClFNO2.C18H19ClINO2.C18H20ClNO2/c1-5-19(22)21-17-8-6-7-12(2)15(17)11-23-18-10-14(4)13(3)9-16(18)20;2*1-4-18(22)21-16-7-5-6-14(19)13(16)10-23-17-9-12(3)11(2)8-15(17)20;2*1-4-18(22)21-16-7-5-6-15(20)13(16)10-23-17-9-12(3)11(2)8-14(17)19;1-4-18(21)20-16-8-6-5-7-14(16)11-22-17-10-13(3)12(2)9-15(17)19/h6-10H,5,11H2,1-4H3,(H,21,22);4*5-9H,4,10H2,1-3H3,(H,21,22);5-10H,4,11H2,1-3H3,(H,20,21). The number of anilines is 6. The Bertz CT molecular complexity index is 5540. The molecule has 12 aromatic carbocycles. The fourth-order valence-electron chi connectivity index (χ4n) is 12.6. The van der Waals surface area contributed by atoms with Gasteiger partial charge in [-0.2, -0.15) is 0 Å². The Morgan fingerprint density at radius 3 is 0.861 bits per heavy atom. The van der Waals surface area contributed by atoms with Crippen LogP contribution in [-0.4, -0.2) is 35.4 Å². The number of carbonyl (C=O) groups excluding carboxylic acids is 6. The molecule has 6 amide bonds. The molecular formula is C109H118BrCl7FIN6O12. The van der Waals surface area contributed by atoms with E-state index in [0.29, 0.717) is 152 Å². The summed E-state index contributed by atoms with van der Waals surface area (Å²) in [6.07, 6.45) is 2.47. The van der Waals surface area contributed by atoms with Crippen molar-refractivity contribution in [1.29, 1.82) is 0 Å². The molecule has 726 valence electrons. The largest absolute Gasteiger partial charge is 0.487 e. The van der Waals surface area contributed by atoms with Gasteiger partial charge < -0.3 is 60.3 Å². The van der Waals surface area contributed by atoms with Gasteiger partial charge in [0, 0.05) is 113 Å². The van der Waals surface area contributed by atoms with E-state index >= 15 is 0 Å². The molecule has 12 rings (SSSR count). The highest BCUT2D eigenvalue weighted by molar-refractivity contribution is 14.1. The Balaban J connectivity index is 0.000000224.